The Morgan fingerprint density at radius 1 is 1.36 bits per heavy atom. The monoisotopic (exact) mass is 349 g/mol. The number of benzene rings is 1. The first-order valence-electron chi connectivity index (χ1n) is 9.13. The van der Waals surface area contributed by atoms with Crippen molar-refractivity contribution >= 4 is 5.91 Å². The van der Waals surface area contributed by atoms with Gasteiger partial charge in [-0.15, -0.1) is 0 Å². The third kappa shape index (κ3) is 4.04. The molecule has 4 nitrogen and oxygen atoms in total. The molecule has 1 atom stereocenters. The molecule has 0 unspecified atom stereocenters. The molecule has 0 aromatic heterocycles. The lowest BCUT2D eigenvalue weighted by atomic mass is 9.66. The van der Waals surface area contributed by atoms with Crippen molar-refractivity contribution in [1.82, 2.24) is 4.90 Å². The maximum Gasteiger partial charge on any atom is 0.226 e. The Hall–Kier alpha value is -1.46. The van der Waals surface area contributed by atoms with Crippen molar-refractivity contribution in [3.05, 3.63) is 35.1 Å². The number of amides is 1. The van der Waals surface area contributed by atoms with Crippen LogP contribution in [0, 0.1) is 24.1 Å². The first kappa shape index (κ1) is 18.3. The average Bonchev–Trinajstić information content (AvgIpc) is 2.60. The summed E-state index contributed by atoms with van der Waals surface area (Å²) in [6, 6.07) is 4.64. The van der Waals surface area contributed by atoms with Gasteiger partial charge >= 0.3 is 0 Å². The topological polar surface area (TPSA) is 38.8 Å². The highest BCUT2D eigenvalue weighted by molar-refractivity contribution is 5.79. The summed E-state index contributed by atoms with van der Waals surface area (Å²) in [4.78, 5) is 14.6. The molecule has 0 radical (unpaired) electrons. The summed E-state index contributed by atoms with van der Waals surface area (Å²) in [6.45, 7) is 5.73. The van der Waals surface area contributed by atoms with Crippen LogP contribution in [0.15, 0.2) is 18.2 Å². The zero-order valence-corrected chi connectivity index (χ0v) is 15.2. The smallest absolute Gasteiger partial charge is 0.226 e. The molecule has 0 aliphatic carbocycles. The Bertz CT molecular complexity index is 609. The van der Waals surface area contributed by atoms with Crippen LogP contribution in [0.25, 0.3) is 0 Å². The van der Waals surface area contributed by atoms with E-state index in [2.05, 4.69) is 0 Å². The van der Waals surface area contributed by atoms with E-state index in [0.717, 1.165) is 63.3 Å². The lowest BCUT2D eigenvalue weighted by Gasteiger charge is -2.49. The standard InChI is InChI=1S/C20H28FNO3/c1-15-11-18(21)4-3-16(15)12-19(23)22-8-5-20(6-9-22)7-10-25-14-17(20)13-24-2/h3-4,11,17H,5-10,12-14H2,1-2H3/t17-/m1/s1. The zero-order chi connectivity index (χ0) is 17.9. The molecule has 25 heavy (non-hydrogen) atoms. The van der Waals surface area contributed by atoms with Crippen LogP contribution in [0.1, 0.15) is 30.4 Å². The van der Waals surface area contributed by atoms with Gasteiger partial charge in [0.1, 0.15) is 5.82 Å². The van der Waals surface area contributed by atoms with E-state index >= 15 is 0 Å². The molecule has 1 aromatic rings. The molecule has 2 heterocycles. The lowest BCUT2D eigenvalue weighted by Crippen LogP contribution is -2.50. The fraction of sp³-hybridized carbons (Fsp3) is 0.650. The number of halogens is 1. The number of piperidine rings is 1. The first-order chi connectivity index (χ1) is 12.0. The van der Waals surface area contributed by atoms with Gasteiger partial charge in [-0.2, -0.15) is 0 Å². The SMILES string of the molecule is COC[C@@H]1COCCC12CCN(C(=O)Cc1ccc(F)cc1C)CC2. The molecular formula is C20H28FNO3. The highest BCUT2D eigenvalue weighted by atomic mass is 19.1. The minimum Gasteiger partial charge on any atom is -0.384 e. The minimum atomic E-state index is -0.252. The van der Waals surface area contributed by atoms with Crippen LogP contribution in [-0.2, 0) is 20.7 Å². The lowest BCUT2D eigenvalue weighted by molar-refractivity contribution is -0.137. The molecular weight excluding hydrogens is 321 g/mol. The van der Waals surface area contributed by atoms with E-state index in [1.165, 1.54) is 12.1 Å². The molecule has 2 saturated heterocycles. The summed E-state index contributed by atoms with van der Waals surface area (Å²) in [7, 11) is 1.74. The quantitative estimate of drug-likeness (QED) is 0.839. The van der Waals surface area contributed by atoms with E-state index in [9.17, 15) is 9.18 Å². The number of ether oxygens (including phenoxy) is 2. The summed E-state index contributed by atoms with van der Waals surface area (Å²) in [5, 5.41) is 0. The molecule has 1 spiro atoms. The van der Waals surface area contributed by atoms with E-state index < -0.39 is 0 Å². The van der Waals surface area contributed by atoms with Crippen LogP contribution in [0.3, 0.4) is 0 Å². The molecule has 0 saturated carbocycles. The number of carbonyl (C=O) groups excluding carboxylic acids is 1. The third-order valence-electron chi connectivity index (χ3n) is 6.06. The van der Waals surface area contributed by atoms with Gasteiger partial charge in [-0.3, -0.25) is 4.79 Å². The van der Waals surface area contributed by atoms with Crippen LogP contribution in [0.4, 0.5) is 4.39 Å². The second-order valence-electron chi connectivity index (χ2n) is 7.47. The van der Waals surface area contributed by atoms with Gasteiger partial charge in [0.15, 0.2) is 0 Å². The number of likely N-dealkylation sites (tertiary alicyclic amines) is 1. The Balaban J connectivity index is 1.60. The van der Waals surface area contributed by atoms with Crippen molar-refractivity contribution in [2.24, 2.45) is 11.3 Å². The number of rotatable bonds is 4. The minimum absolute atomic E-state index is 0.139. The Morgan fingerprint density at radius 3 is 2.80 bits per heavy atom. The predicted molar refractivity (Wildman–Crippen MR) is 93.9 cm³/mol. The first-order valence-corrected chi connectivity index (χ1v) is 9.13. The second-order valence-corrected chi connectivity index (χ2v) is 7.47. The van der Waals surface area contributed by atoms with Gasteiger partial charge in [-0.25, -0.2) is 4.39 Å². The van der Waals surface area contributed by atoms with E-state index in [0.29, 0.717) is 12.3 Å². The zero-order valence-electron chi connectivity index (χ0n) is 15.2. The average molecular weight is 349 g/mol. The molecule has 3 rings (SSSR count). The van der Waals surface area contributed by atoms with Gasteiger partial charge in [0.05, 0.1) is 19.6 Å². The van der Waals surface area contributed by atoms with Gasteiger partial charge in [0, 0.05) is 32.7 Å². The van der Waals surface area contributed by atoms with Gasteiger partial charge in [0.2, 0.25) is 5.91 Å². The number of carbonyl (C=O) groups is 1. The Labute approximate surface area is 149 Å². The van der Waals surface area contributed by atoms with Crippen molar-refractivity contribution in [2.75, 3.05) is 40.0 Å². The van der Waals surface area contributed by atoms with E-state index in [-0.39, 0.29) is 17.1 Å². The fourth-order valence-corrected chi connectivity index (χ4v) is 4.30. The summed E-state index contributed by atoms with van der Waals surface area (Å²) in [5.74, 6) is 0.306. The summed E-state index contributed by atoms with van der Waals surface area (Å²) in [6.07, 6.45) is 3.43. The molecule has 0 bridgehead atoms. The molecule has 2 aliphatic rings. The van der Waals surface area contributed by atoms with Crippen molar-refractivity contribution in [2.45, 2.75) is 32.6 Å². The Morgan fingerprint density at radius 2 is 2.12 bits per heavy atom. The molecule has 138 valence electrons. The molecule has 0 N–H and O–H groups in total. The normalized spacial score (nSPS) is 23.0. The summed E-state index contributed by atoms with van der Waals surface area (Å²) < 4.78 is 24.3. The van der Waals surface area contributed by atoms with E-state index in [1.807, 2.05) is 11.8 Å². The van der Waals surface area contributed by atoms with Gasteiger partial charge in [-0.1, -0.05) is 6.07 Å². The largest absolute Gasteiger partial charge is 0.384 e. The second kappa shape index (κ2) is 7.83. The third-order valence-corrected chi connectivity index (χ3v) is 6.06. The van der Waals surface area contributed by atoms with Crippen LogP contribution >= 0.6 is 0 Å². The van der Waals surface area contributed by atoms with Crippen LogP contribution in [0.5, 0.6) is 0 Å². The number of hydrogen-bond acceptors (Lipinski definition) is 3. The van der Waals surface area contributed by atoms with Crippen LogP contribution < -0.4 is 0 Å². The molecule has 5 heteroatoms. The number of nitrogens with zero attached hydrogens (tertiary/aromatic N) is 1. The maximum atomic E-state index is 13.2. The summed E-state index contributed by atoms with van der Waals surface area (Å²) >= 11 is 0. The van der Waals surface area contributed by atoms with Gasteiger partial charge in [0.25, 0.3) is 0 Å². The van der Waals surface area contributed by atoms with Gasteiger partial charge < -0.3 is 14.4 Å². The predicted octanol–water partition coefficient (Wildman–Crippen LogP) is 2.97. The van der Waals surface area contributed by atoms with E-state index in [1.54, 1.807) is 13.2 Å². The van der Waals surface area contributed by atoms with Crippen LogP contribution in [-0.4, -0.2) is 50.8 Å². The highest BCUT2D eigenvalue weighted by Crippen LogP contribution is 2.44. The highest BCUT2D eigenvalue weighted by Gasteiger charge is 2.44. The van der Waals surface area contributed by atoms with E-state index in [4.69, 9.17) is 9.47 Å². The number of hydrogen-bond donors (Lipinski definition) is 0. The van der Waals surface area contributed by atoms with Gasteiger partial charge in [-0.05, 0) is 54.9 Å². The number of aryl methyl sites for hydroxylation is 1. The molecule has 1 aromatic carbocycles. The van der Waals surface area contributed by atoms with Crippen LogP contribution in [0.2, 0.25) is 0 Å². The number of methoxy groups -OCH3 is 1. The fourth-order valence-electron chi connectivity index (χ4n) is 4.30. The van der Waals surface area contributed by atoms with Crippen molar-refractivity contribution < 1.29 is 18.7 Å². The molecule has 1 amide bonds. The Kier molecular flexibility index (Phi) is 5.74. The van der Waals surface area contributed by atoms with Crippen molar-refractivity contribution in [3.8, 4) is 0 Å². The summed E-state index contributed by atoms with van der Waals surface area (Å²) in [5.41, 5.74) is 2.00. The van der Waals surface area contributed by atoms with Crippen molar-refractivity contribution in [1.29, 1.82) is 0 Å². The molecule has 2 aliphatic heterocycles. The van der Waals surface area contributed by atoms with Crippen molar-refractivity contribution in [3.63, 3.8) is 0 Å². The molecule has 2 fully saturated rings. The maximum absolute atomic E-state index is 13.2.